The van der Waals surface area contributed by atoms with Gasteiger partial charge in [0.05, 0.1) is 13.3 Å². The van der Waals surface area contributed by atoms with Crippen molar-refractivity contribution in [3.05, 3.63) is 0 Å². The Morgan fingerprint density at radius 2 is 2.00 bits per heavy atom. The van der Waals surface area contributed by atoms with E-state index in [1.165, 1.54) is 0 Å². The molecule has 7 heavy (non-hydrogen) atoms. The van der Waals surface area contributed by atoms with Crippen LogP contribution in [0.4, 0.5) is 0 Å². The number of hydrogen-bond donors (Lipinski definition) is 1. The predicted molar refractivity (Wildman–Crippen MR) is 28.4 cm³/mol. The molecule has 0 radical (unpaired) electrons. The fraction of sp³-hybridized carbons (Fsp3) is 1.00. The van der Waals surface area contributed by atoms with Crippen LogP contribution in [0.3, 0.4) is 0 Å². The smallest absolute Gasteiger partial charge is 0.0647 e. The molecule has 0 saturated carbocycles. The minimum atomic E-state index is 1.01. The number of nitrogens with one attached hydrogen (secondary N) is 1. The molecule has 1 aliphatic heterocycles. The first-order chi connectivity index (χ1) is 3.30. The minimum Gasteiger partial charge on any atom is -0.289 e. The van der Waals surface area contributed by atoms with Crippen LogP contribution in [-0.2, 0) is 0 Å². The van der Waals surface area contributed by atoms with Crippen molar-refractivity contribution in [2.24, 2.45) is 0 Å². The molecular formula is C4H11N3. The van der Waals surface area contributed by atoms with Crippen LogP contribution in [-0.4, -0.2) is 37.5 Å². The summed E-state index contributed by atoms with van der Waals surface area (Å²) in [6.07, 6.45) is 0. The molecule has 1 fully saturated rings. The monoisotopic (exact) mass is 101 g/mol. The first kappa shape index (κ1) is 5.03. The van der Waals surface area contributed by atoms with Crippen molar-refractivity contribution in [3.63, 3.8) is 0 Å². The Bertz CT molecular complexity index is 58.0. The summed E-state index contributed by atoms with van der Waals surface area (Å²) in [5.41, 5.74) is 0. The third kappa shape index (κ3) is 0.907. The summed E-state index contributed by atoms with van der Waals surface area (Å²) >= 11 is 0. The van der Waals surface area contributed by atoms with E-state index in [1.807, 2.05) is 14.1 Å². The molecule has 0 bridgehead atoms. The van der Waals surface area contributed by atoms with E-state index >= 15 is 0 Å². The molecule has 3 heteroatoms. The van der Waals surface area contributed by atoms with Gasteiger partial charge in [-0.3, -0.25) is 5.32 Å². The first-order valence-electron chi connectivity index (χ1n) is 2.43. The summed E-state index contributed by atoms with van der Waals surface area (Å²) in [5.74, 6) is 0. The molecule has 1 saturated heterocycles. The summed E-state index contributed by atoms with van der Waals surface area (Å²) in [6, 6.07) is 0. The van der Waals surface area contributed by atoms with Crippen molar-refractivity contribution in [1.29, 1.82) is 0 Å². The predicted octanol–water partition coefficient (Wildman–Crippen LogP) is -0.717. The molecule has 0 unspecified atom stereocenters. The van der Waals surface area contributed by atoms with Crippen LogP contribution in [0.5, 0.6) is 0 Å². The van der Waals surface area contributed by atoms with Gasteiger partial charge in [0.1, 0.15) is 0 Å². The van der Waals surface area contributed by atoms with Gasteiger partial charge in [0.25, 0.3) is 0 Å². The third-order valence-corrected chi connectivity index (χ3v) is 1.15. The summed E-state index contributed by atoms with van der Waals surface area (Å²) in [7, 11) is 4.08. The van der Waals surface area contributed by atoms with E-state index in [0.29, 0.717) is 0 Å². The lowest BCUT2D eigenvalue weighted by molar-refractivity contribution is -0.0535. The lowest BCUT2D eigenvalue weighted by atomic mass is 10.7. The van der Waals surface area contributed by atoms with Crippen molar-refractivity contribution in [2.75, 3.05) is 27.4 Å². The Balaban J connectivity index is 2.14. The van der Waals surface area contributed by atoms with Crippen LogP contribution in [0.1, 0.15) is 0 Å². The highest BCUT2D eigenvalue weighted by Gasteiger charge is 2.12. The van der Waals surface area contributed by atoms with Gasteiger partial charge in [0.15, 0.2) is 0 Å². The van der Waals surface area contributed by atoms with Crippen molar-refractivity contribution in [2.45, 2.75) is 0 Å². The van der Waals surface area contributed by atoms with Gasteiger partial charge >= 0.3 is 0 Å². The van der Waals surface area contributed by atoms with Gasteiger partial charge < -0.3 is 0 Å². The maximum Gasteiger partial charge on any atom is 0.0647 e. The molecule has 0 aromatic rings. The van der Waals surface area contributed by atoms with E-state index in [-0.39, 0.29) is 0 Å². The van der Waals surface area contributed by atoms with Gasteiger partial charge in [-0.25, -0.2) is 10.0 Å². The summed E-state index contributed by atoms with van der Waals surface area (Å²) in [6.45, 7) is 2.01. The molecule has 1 aliphatic rings. The highest BCUT2D eigenvalue weighted by Crippen LogP contribution is 1.92. The molecule has 0 aromatic carbocycles. The fourth-order valence-corrected chi connectivity index (χ4v) is 0.495. The molecular weight excluding hydrogens is 90.1 g/mol. The largest absolute Gasteiger partial charge is 0.289 e. The topological polar surface area (TPSA) is 18.5 Å². The Morgan fingerprint density at radius 3 is 2.00 bits per heavy atom. The number of rotatable bonds is 1. The second-order valence-electron chi connectivity index (χ2n) is 1.92. The maximum absolute atomic E-state index is 3.13. The molecule has 1 rings (SSSR count). The molecule has 42 valence electrons. The number of hydrogen-bond acceptors (Lipinski definition) is 3. The van der Waals surface area contributed by atoms with Gasteiger partial charge in [-0.15, -0.1) is 0 Å². The van der Waals surface area contributed by atoms with Crippen molar-refractivity contribution in [3.8, 4) is 0 Å². The van der Waals surface area contributed by atoms with E-state index in [9.17, 15) is 0 Å². The fourth-order valence-electron chi connectivity index (χ4n) is 0.495. The van der Waals surface area contributed by atoms with Gasteiger partial charge in [0, 0.05) is 14.1 Å². The third-order valence-electron chi connectivity index (χ3n) is 1.15. The van der Waals surface area contributed by atoms with E-state index in [1.54, 1.807) is 0 Å². The average molecular weight is 101 g/mol. The first-order valence-corrected chi connectivity index (χ1v) is 2.43. The van der Waals surface area contributed by atoms with Crippen LogP contribution in [0.25, 0.3) is 0 Å². The molecule has 1 heterocycles. The van der Waals surface area contributed by atoms with Crippen LogP contribution >= 0.6 is 0 Å². The van der Waals surface area contributed by atoms with E-state index < -0.39 is 0 Å². The Morgan fingerprint density at radius 1 is 1.43 bits per heavy atom. The standard InChI is InChI=1S/C4H11N3/c1-6(2)7-3-5-4-7/h5H,3-4H2,1-2H3. The van der Waals surface area contributed by atoms with Gasteiger partial charge in [-0.1, -0.05) is 0 Å². The zero-order chi connectivity index (χ0) is 5.28. The van der Waals surface area contributed by atoms with Gasteiger partial charge in [-0.2, -0.15) is 0 Å². The normalized spacial score (nSPS) is 22.7. The van der Waals surface area contributed by atoms with Crippen LogP contribution < -0.4 is 5.32 Å². The molecule has 3 nitrogen and oxygen atoms in total. The zero-order valence-corrected chi connectivity index (χ0v) is 4.81. The average Bonchev–Trinajstić information content (AvgIpc) is 1.23. The summed E-state index contributed by atoms with van der Waals surface area (Å²) in [5, 5.41) is 7.40. The Kier molecular flexibility index (Phi) is 1.27. The highest BCUT2D eigenvalue weighted by atomic mass is 15.7. The lowest BCUT2D eigenvalue weighted by Crippen LogP contribution is -2.57. The van der Waals surface area contributed by atoms with Crippen LogP contribution in [0.15, 0.2) is 0 Å². The zero-order valence-electron chi connectivity index (χ0n) is 4.81. The second-order valence-corrected chi connectivity index (χ2v) is 1.92. The van der Waals surface area contributed by atoms with Crippen molar-refractivity contribution < 1.29 is 0 Å². The van der Waals surface area contributed by atoms with Crippen molar-refractivity contribution in [1.82, 2.24) is 15.3 Å². The molecule has 1 N–H and O–H groups in total. The van der Waals surface area contributed by atoms with Crippen LogP contribution in [0, 0.1) is 0 Å². The molecule has 0 aromatic heterocycles. The summed E-state index contributed by atoms with van der Waals surface area (Å²) < 4.78 is 0. The molecule has 0 amide bonds. The minimum absolute atomic E-state index is 1.01. The van der Waals surface area contributed by atoms with Gasteiger partial charge in [0.2, 0.25) is 0 Å². The van der Waals surface area contributed by atoms with Crippen LogP contribution in [0.2, 0.25) is 0 Å². The van der Waals surface area contributed by atoms with E-state index in [2.05, 4.69) is 15.3 Å². The summed E-state index contributed by atoms with van der Waals surface area (Å²) in [4.78, 5) is 0. The molecule has 0 atom stereocenters. The van der Waals surface area contributed by atoms with Crippen molar-refractivity contribution >= 4 is 0 Å². The SMILES string of the molecule is CN(C)N1CNC1. The highest BCUT2D eigenvalue weighted by molar-refractivity contribution is 4.55. The Hall–Kier alpha value is -0.120. The number of nitrogens with zero attached hydrogens (tertiary/aromatic N) is 2. The molecule has 0 spiro atoms. The second kappa shape index (κ2) is 1.78. The quantitative estimate of drug-likeness (QED) is 0.470. The van der Waals surface area contributed by atoms with E-state index in [4.69, 9.17) is 0 Å². The molecule has 0 aliphatic carbocycles. The lowest BCUT2D eigenvalue weighted by Gasteiger charge is -2.36. The Labute approximate surface area is 43.9 Å². The van der Waals surface area contributed by atoms with Gasteiger partial charge in [-0.05, 0) is 0 Å². The number of hydrazine groups is 1. The maximum atomic E-state index is 3.13. The van der Waals surface area contributed by atoms with E-state index in [0.717, 1.165) is 13.3 Å².